The second-order valence-corrected chi connectivity index (χ2v) is 9.50. The van der Waals surface area contributed by atoms with Crippen LogP contribution in [-0.2, 0) is 15.3 Å². The van der Waals surface area contributed by atoms with Crippen LogP contribution in [-0.4, -0.2) is 19.0 Å². The van der Waals surface area contributed by atoms with E-state index in [4.69, 9.17) is 38.1 Å². The molecule has 0 aromatic heterocycles. The lowest BCUT2D eigenvalue weighted by Crippen LogP contribution is -2.57. The van der Waals surface area contributed by atoms with Crippen LogP contribution in [0.5, 0.6) is 0 Å². The first-order valence-electron chi connectivity index (χ1n) is 11.2. The molecule has 0 amide bonds. The quantitative estimate of drug-likeness (QED) is 0.533. The summed E-state index contributed by atoms with van der Waals surface area (Å²) in [7, 11) is 0. The van der Waals surface area contributed by atoms with E-state index >= 15 is 0 Å². The number of anilines is 1. The second kappa shape index (κ2) is 8.74. The predicted octanol–water partition coefficient (Wildman–Crippen LogP) is 5.95. The van der Waals surface area contributed by atoms with Gasteiger partial charge in [-0.3, -0.25) is 5.41 Å². The van der Waals surface area contributed by atoms with Gasteiger partial charge in [-0.1, -0.05) is 42.3 Å². The largest absolute Gasteiger partial charge is 0.443 e. The topological polar surface area (TPSA) is 117 Å². The molecule has 2 aliphatic heterocycles. The van der Waals surface area contributed by atoms with Crippen molar-refractivity contribution >= 4 is 34.8 Å². The van der Waals surface area contributed by atoms with E-state index in [2.05, 4.69) is 37.0 Å². The third-order valence-electron chi connectivity index (χ3n) is 7.30. The summed E-state index contributed by atoms with van der Waals surface area (Å²) in [6.07, 6.45) is -1.20. The number of fused-ring (bicyclic) bond motifs is 2. The van der Waals surface area contributed by atoms with Crippen LogP contribution in [0.3, 0.4) is 0 Å². The fourth-order valence-electron chi connectivity index (χ4n) is 5.36. The van der Waals surface area contributed by atoms with Gasteiger partial charge in [0.05, 0.1) is 29.1 Å². The van der Waals surface area contributed by atoms with Gasteiger partial charge in [-0.05, 0) is 49.7 Å². The summed E-state index contributed by atoms with van der Waals surface area (Å²) in [6.45, 7) is 7.37. The average Bonchev–Trinajstić information content (AvgIpc) is 3.01. The highest BCUT2D eigenvalue weighted by molar-refractivity contribution is 6.35. The summed E-state index contributed by atoms with van der Waals surface area (Å²) in [5, 5.41) is 40.5. The van der Waals surface area contributed by atoms with Crippen molar-refractivity contribution in [2.75, 3.05) is 18.0 Å². The number of rotatable bonds is 5. The summed E-state index contributed by atoms with van der Waals surface area (Å²) >= 11 is 12.6. The predicted molar refractivity (Wildman–Crippen MR) is 132 cm³/mol. The molecule has 2 bridgehead atoms. The normalized spacial score (nSPS) is 28.3. The molecule has 2 aromatic carbocycles. The number of hydrogen-bond donors (Lipinski definition) is 1. The summed E-state index contributed by atoms with van der Waals surface area (Å²) < 4.78 is 12.5. The van der Waals surface area contributed by atoms with Gasteiger partial charge in [0.1, 0.15) is 6.10 Å². The molecule has 0 saturated carbocycles. The summed E-state index contributed by atoms with van der Waals surface area (Å²) in [4.78, 5) is 2.16. The van der Waals surface area contributed by atoms with E-state index in [-0.39, 0.29) is 5.02 Å². The highest BCUT2D eigenvalue weighted by Gasteiger charge is 2.80. The third-order valence-corrected chi connectivity index (χ3v) is 7.85. The third kappa shape index (κ3) is 3.15. The van der Waals surface area contributed by atoms with Crippen molar-refractivity contribution in [2.45, 2.75) is 32.7 Å². The number of benzene rings is 2. The molecule has 35 heavy (non-hydrogen) atoms. The molecule has 0 radical (unpaired) electrons. The molecule has 2 aromatic rings. The monoisotopic (exact) mass is 507 g/mol. The van der Waals surface area contributed by atoms with Crippen LogP contribution in [0.2, 0.25) is 10.0 Å². The van der Waals surface area contributed by atoms with Crippen LogP contribution in [0.25, 0.3) is 0 Å². The van der Waals surface area contributed by atoms with E-state index in [9.17, 15) is 15.8 Å². The lowest BCUT2D eigenvalue weighted by molar-refractivity contribution is -0.288. The summed E-state index contributed by atoms with van der Waals surface area (Å²) in [5.74, 6) is -3.07. The Hall–Kier alpha value is -3.28. The van der Waals surface area contributed by atoms with E-state index < -0.39 is 34.5 Å². The zero-order valence-electron chi connectivity index (χ0n) is 19.5. The summed E-state index contributed by atoms with van der Waals surface area (Å²) in [6, 6.07) is 18.3. The van der Waals surface area contributed by atoms with Crippen LogP contribution >= 0.6 is 23.2 Å². The van der Waals surface area contributed by atoms with Crippen molar-refractivity contribution < 1.29 is 9.47 Å². The van der Waals surface area contributed by atoms with Gasteiger partial charge in [0.15, 0.2) is 5.41 Å². The first kappa shape index (κ1) is 24.8. The smallest absolute Gasteiger partial charge is 0.245 e. The van der Waals surface area contributed by atoms with Gasteiger partial charge in [-0.25, -0.2) is 0 Å². The lowest BCUT2D eigenvalue weighted by Gasteiger charge is -2.49. The SMILES string of the molecule is CCN(CC)c1ccc(C2OC3(c4ccc(Cl)cc4Cl)OC(=N)C(C#N)(C3C)C2(C#N)C#N)cc1. The Bertz CT molecular complexity index is 1290. The van der Waals surface area contributed by atoms with Crippen molar-refractivity contribution in [1.82, 2.24) is 0 Å². The molecule has 2 saturated heterocycles. The van der Waals surface area contributed by atoms with Crippen molar-refractivity contribution in [3.63, 3.8) is 0 Å². The van der Waals surface area contributed by atoms with Crippen LogP contribution in [0.1, 0.15) is 38.0 Å². The molecular weight excluding hydrogens is 485 g/mol. The standard InChI is InChI=1S/C26H23Cl2N5O2/c1-4-33(5-2)19-9-6-17(7-10-19)22-24(13-29,14-30)25(15-31)16(3)26(34-22,35-23(25)32)20-11-8-18(27)12-21(20)28/h6-12,16,22,32H,4-5H2,1-3H3. The van der Waals surface area contributed by atoms with E-state index in [1.807, 2.05) is 12.1 Å². The Morgan fingerprint density at radius 2 is 1.63 bits per heavy atom. The van der Waals surface area contributed by atoms with Crippen molar-refractivity contribution in [2.24, 2.45) is 16.7 Å². The molecule has 4 atom stereocenters. The molecule has 1 N–H and O–H groups in total. The number of ether oxygens (including phenoxy) is 2. The molecule has 178 valence electrons. The highest BCUT2D eigenvalue weighted by Crippen LogP contribution is 2.69. The van der Waals surface area contributed by atoms with Crippen LogP contribution in [0, 0.1) is 56.2 Å². The maximum absolute atomic E-state index is 10.4. The average molecular weight is 508 g/mol. The molecule has 4 unspecified atom stereocenters. The van der Waals surface area contributed by atoms with Crippen LogP contribution in [0.15, 0.2) is 42.5 Å². The molecular formula is C26H23Cl2N5O2. The number of hydrogen-bond acceptors (Lipinski definition) is 7. The Labute approximate surface area is 214 Å². The van der Waals surface area contributed by atoms with Crippen molar-refractivity contribution in [3.05, 3.63) is 63.6 Å². The van der Waals surface area contributed by atoms with E-state index in [1.165, 1.54) is 6.07 Å². The fourth-order valence-corrected chi connectivity index (χ4v) is 5.90. The number of nitrogens with one attached hydrogen (secondary N) is 1. The van der Waals surface area contributed by atoms with Gasteiger partial charge in [0, 0.05) is 29.4 Å². The van der Waals surface area contributed by atoms with E-state index in [1.54, 1.807) is 31.2 Å². The van der Waals surface area contributed by atoms with Gasteiger partial charge in [-0.15, -0.1) is 0 Å². The van der Waals surface area contributed by atoms with Gasteiger partial charge < -0.3 is 14.4 Å². The van der Waals surface area contributed by atoms with Crippen LogP contribution in [0.4, 0.5) is 5.69 Å². The maximum atomic E-state index is 10.4. The van der Waals surface area contributed by atoms with Gasteiger partial charge >= 0.3 is 0 Å². The molecule has 4 rings (SSSR count). The molecule has 7 nitrogen and oxygen atoms in total. The van der Waals surface area contributed by atoms with Gasteiger partial charge in [0.25, 0.3) is 0 Å². The lowest BCUT2D eigenvalue weighted by atomic mass is 9.53. The first-order chi connectivity index (χ1) is 16.7. The zero-order valence-corrected chi connectivity index (χ0v) is 21.0. The van der Waals surface area contributed by atoms with Crippen LogP contribution < -0.4 is 4.90 Å². The second-order valence-electron chi connectivity index (χ2n) is 8.66. The van der Waals surface area contributed by atoms with Gasteiger partial charge in [-0.2, -0.15) is 15.8 Å². The maximum Gasteiger partial charge on any atom is 0.245 e. The molecule has 2 fully saturated rings. The Kier molecular flexibility index (Phi) is 6.20. The Morgan fingerprint density at radius 1 is 1.00 bits per heavy atom. The van der Waals surface area contributed by atoms with E-state index in [0.717, 1.165) is 18.8 Å². The zero-order chi connectivity index (χ0) is 25.6. The molecule has 2 heterocycles. The molecule has 2 aliphatic rings. The first-order valence-corrected chi connectivity index (χ1v) is 12.0. The van der Waals surface area contributed by atoms with E-state index in [0.29, 0.717) is 16.1 Å². The van der Waals surface area contributed by atoms with Crippen molar-refractivity contribution in [1.29, 1.82) is 21.2 Å². The number of nitriles is 3. The number of halogens is 2. The minimum atomic E-state index is -2.05. The highest BCUT2D eigenvalue weighted by atomic mass is 35.5. The Morgan fingerprint density at radius 3 is 2.14 bits per heavy atom. The Balaban J connectivity index is 1.97. The number of nitrogens with zero attached hydrogens (tertiary/aromatic N) is 4. The van der Waals surface area contributed by atoms with Gasteiger partial charge in [0.2, 0.25) is 17.1 Å². The molecule has 0 aliphatic carbocycles. The molecule has 9 heteroatoms. The summed E-state index contributed by atoms with van der Waals surface area (Å²) in [5.41, 5.74) is -2.09. The van der Waals surface area contributed by atoms with Crippen molar-refractivity contribution in [3.8, 4) is 18.2 Å². The fraction of sp³-hybridized carbons (Fsp3) is 0.385. The molecule has 0 spiro atoms. The minimum absolute atomic E-state index is 0.225. The minimum Gasteiger partial charge on any atom is -0.443 e.